The molecule has 2 saturated heterocycles. The highest BCUT2D eigenvalue weighted by Crippen LogP contribution is 2.42. The maximum absolute atomic E-state index is 14.7. The highest BCUT2D eigenvalue weighted by molar-refractivity contribution is 6.02. The largest absolute Gasteiger partial charge is 0.480 e. The van der Waals surface area contributed by atoms with Crippen LogP contribution in [0.15, 0.2) is 65.5 Å². The molecule has 4 aromatic rings. The molecule has 0 aliphatic carbocycles. The first-order valence-electron chi connectivity index (χ1n) is 15.4. The first-order valence-corrected chi connectivity index (χ1v) is 15.4. The van der Waals surface area contributed by atoms with Crippen LogP contribution in [0.2, 0.25) is 0 Å². The van der Waals surface area contributed by atoms with Crippen molar-refractivity contribution in [2.75, 3.05) is 32.8 Å². The number of hydrogen-bond donors (Lipinski definition) is 2. The van der Waals surface area contributed by atoms with E-state index in [2.05, 4.69) is 10.2 Å². The average molecular weight is 636 g/mol. The lowest BCUT2D eigenvalue weighted by Crippen LogP contribution is -2.55. The second kappa shape index (κ2) is 12.2. The van der Waals surface area contributed by atoms with Crippen LogP contribution in [0.4, 0.5) is 13.2 Å². The summed E-state index contributed by atoms with van der Waals surface area (Å²) < 4.78 is 50.5. The average Bonchev–Trinajstić information content (AvgIpc) is 2.99. The molecule has 1 aromatic heterocycles. The van der Waals surface area contributed by atoms with Crippen LogP contribution in [-0.4, -0.2) is 65.3 Å². The number of rotatable bonds is 8. The summed E-state index contributed by atoms with van der Waals surface area (Å²) in [6.45, 7) is 5.50. The zero-order valence-electron chi connectivity index (χ0n) is 25.7. The van der Waals surface area contributed by atoms with Crippen molar-refractivity contribution in [3.8, 4) is 11.1 Å². The number of aryl methyl sites for hydroxylation is 1. The number of carboxylic acids is 1. The summed E-state index contributed by atoms with van der Waals surface area (Å²) >= 11 is 0. The number of aliphatic carboxylic acids is 1. The number of piperidine rings is 1. The molecule has 0 radical (unpaired) electrons. The van der Waals surface area contributed by atoms with Crippen LogP contribution in [0.3, 0.4) is 0 Å². The van der Waals surface area contributed by atoms with Crippen LogP contribution in [-0.2, 0) is 34.0 Å². The number of benzene rings is 3. The lowest BCUT2D eigenvalue weighted by molar-refractivity contribution is -0.145. The van der Waals surface area contributed by atoms with Gasteiger partial charge in [-0.05, 0) is 54.3 Å². The van der Waals surface area contributed by atoms with E-state index in [-0.39, 0.29) is 28.8 Å². The van der Waals surface area contributed by atoms with Gasteiger partial charge < -0.3 is 24.6 Å². The Morgan fingerprint density at radius 1 is 1.04 bits per heavy atom. The summed E-state index contributed by atoms with van der Waals surface area (Å²) in [7, 11) is 1.44. The highest BCUT2D eigenvalue weighted by Gasteiger charge is 2.41. The fraction of sp³-hybridized carbons (Fsp3) is 0.400. The molecule has 2 aliphatic heterocycles. The van der Waals surface area contributed by atoms with Crippen LogP contribution in [0.25, 0.3) is 32.8 Å². The predicted molar refractivity (Wildman–Crippen MR) is 168 cm³/mol. The molecule has 2 N–H and O–H groups in total. The van der Waals surface area contributed by atoms with Gasteiger partial charge in [-0.15, -0.1) is 0 Å². The van der Waals surface area contributed by atoms with Crippen LogP contribution in [0.1, 0.15) is 30.9 Å². The number of aromatic nitrogens is 1. The number of fused-ring (bicyclic) bond motifs is 2. The van der Waals surface area contributed by atoms with Crippen LogP contribution in [0, 0.1) is 11.3 Å². The molecule has 0 spiro atoms. The van der Waals surface area contributed by atoms with Crippen LogP contribution >= 0.6 is 0 Å². The molecule has 242 valence electrons. The Balaban J connectivity index is 1.35. The zero-order chi connectivity index (χ0) is 32.8. The molecule has 46 heavy (non-hydrogen) atoms. The SMILES string of the molecule is Cn1c(=O)c(-c2cccc3c(C[C@H](NC(=O)C4(C)CCCN(CC5COC5)C4)C(=O)O)cccc23)c(C(F)(F)F)c2ccccc21. The first kappa shape index (κ1) is 31.7. The number of alkyl halides is 3. The molecule has 2 fully saturated rings. The Bertz CT molecular complexity index is 1880. The van der Waals surface area contributed by atoms with Crippen molar-refractivity contribution in [1.82, 2.24) is 14.8 Å². The van der Waals surface area contributed by atoms with Gasteiger partial charge in [0.05, 0.1) is 35.3 Å². The van der Waals surface area contributed by atoms with Gasteiger partial charge in [-0.2, -0.15) is 13.2 Å². The Hall–Kier alpha value is -4.22. The molecule has 6 rings (SSSR count). The molecule has 11 heteroatoms. The summed E-state index contributed by atoms with van der Waals surface area (Å²) in [6.07, 6.45) is -3.47. The van der Waals surface area contributed by atoms with Gasteiger partial charge in [-0.25, -0.2) is 4.79 Å². The van der Waals surface area contributed by atoms with E-state index in [0.29, 0.717) is 48.4 Å². The summed E-state index contributed by atoms with van der Waals surface area (Å²) in [5.41, 5.74) is -2.26. The number of para-hydroxylation sites is 1. The summed E-state index contributed by atoms with van der Waals surface area (Å²) in [6, 6.07) is 14.3. The van der Waals surface area contributed by atoms with Crippen LogP contribution in [0.5, 0.6) is 0 Å². The second-order valence-corrected chi connectivity index (χ2v) is 12.8. The number of pyridine rings is 1. The Labute approximate surface area is 263 Å². The summed E-state index contributed by atoms with van der Waals surface area (Å²) in [5.74, 6) is -1.12. The van der Waals surface area contributed by atoms with E-state index in [1.54, 1.807) is 36.4 Å². The van der Waals surface area contributed by atoms with Crippen LogP contribution < -0.4 is 10.9 Å². The standard InChI is InChI=1S/C35H36F3N3O5/c1-34(14-7-15-41(20-34)17-21-18-46-19-21)33(45)39-27(32(43)44)16-22-8-5-11-24-23(22)10-6-12-25(24)29-30(35(36,37)38)26-9-3-4-13-28(26)40(2)31(29)42/h3-6,8-13,21,27H,7,14-20H2,1-2H3,(H,39,45)(H,43,44)/t27-,34?/m0/s1. The topological polar surface area (TPSA) is 101 Å². The molecule has 2 atom stereocenters. The lowest BCUT2D eigenvalue weighted by Gasteiger charge is -2.42. The van der Waals surface area contributed by atoms with Gasteiger partial charge in [0.15, 0.2) is 0 Å². The summed E-state index contributed by atoms with van der Waals surface area (Å²) in [4.78, 5) is 41.9. The fourth-order valence-electron chi connectivity index (χ4n) is 7.00. The van der Waals surface area contributed by atoms with E-state index in [1.165, 1.54) is 35.9 Å². The molecule has 1 unspecified atom stereocenters. The molecular weight excluding hydrogens is 599 g/mol. The number of carboxylic acid groups (broad SMARTS) is 1. The molecule has 1 amide bonds. The molecule has 3 heterocycles. The van der Waals surface area contributed by atoms with Gasteiger partial charge in [0.1, 0.15) is 6.04 Å². The van der Waals surface area contributed by atoms with E-state index < -0.39 is 40.3 Å². The first-order chi connectivity index (χ1) is 21.9. The molecule has 2 aliphatic rings. The molecule has 3 aromatic carbocycles. The van der Waals surface area contributed by atoms with E-state index in [4.69, 9.17) is 4.74 Å². The Morgan fingerprint density at radius 2 is 1.74 bits per heavy atom. The van der Waals surface area contributed by atoms with Gasteiger partial charge in [0.25, 0.3) is 5.56 Å². The number of likely N-dealkylation sites (tertiary alicyclic amines) is 1. The smallest absolute Gasteiger partial charge is 0.417 e. The third-order valence-electron chi connectivity index (χ3n) is 9.44. The number of carbonyl (C=O) groups excluding carboxylic acids is 1. The fourth-order valence-corrected chi connectivity index (χ4v) is 7.00. The van der Waals surface area contributed by atoms with Crippen molar-refractivity contribution in [1.29, 1.82) is 0 Å². The van der Waals surface area contributed by atoms with Gasteiger partial charge in [0.2, 0.25) is 5.91 Å². The molecule has 8 nitrogen and oxygen atoms in total. The van der Waals surface area contributed by atoms with E-state index in [1.807, 2.05) is 6.92 Å². The minimum Gasteiger partial charge on any atom is -0.480 e. The van der Waals surface area contributed by atoms with Gasteiger partial charge in [-0.3, -0.25) is 9.59 Å². The highest BCUT2D eigenvalue weighted by atomic mass is 19.4. The number of nitrogens with zero attached hydrogens (tertiary/aromatic N) is 2. The van der Waals surface area contributed by atoms with Gasteiger partial charge in [0, 0.05) is 37.9 Å². The van der Waals surface area contributed by atoms with Gasteiger partial charge >= 0.3 is 12.1 Å². The third-order valence-corrected chi connectivity index (χ3v) is 9.44. The van der Waals surface area contributed by atoms with Crippen molar-refractivity contribution in [3.63, 3.8) is 0 Å². The lowest BCUT2D eigenvalue weighted by atomic mass is 9.80. The molecular formula is C35H36F3N3O5. The normalized spacial score (nSPS) is 20.0. The van der Waals surface area contributed by atoms with Gasteiger partial charge in [-0.1, -0.05) is 54.6 Å². The maximum atomic E-state index is 14.7. The number of carbonyl (C=O) groups is 2. The van der Waals surface area contributed by atoms with E-state index in [9.17, 15) is 32.7 Å². The predicted octanol–water partition coefficient (Wildman–Crippen LogP) is 5.24. The number of hydrogen-bond acceptors (Lipinski definition) is 5. The van der Waals surface area contributed by atoms with Crippen molar-refractivity contribution in [3.05, 3.63) is 82.1 Å². The maximum Gasteiger partial charge on any atom is 0.417 e. The van der Waals surface area contributed by atoms with Crippen molar-refractivity contribution < 1.29 is 32.6 Å². The Morgan fingerprint density at radius 3 is 2.43 bits per heavy atom. The molecule has 0 bridgehead atoms. The zero-order valence-corrected chi connectivity index (χ0v) is 25.7. The quantitative estimate of drug-likeness (QED) is 0.275. The van der Waals surface area contributed by atoms with Crippen molar-refractivity contribution >= 4 is 33.6 Å². The van der Waals surface area contributed by atoms with Crippen molar-refractivity contribution in [2.24, 2.45) is 18.4 Å². The van der Waals surface area contributed by atoms with E-state index in [0.717, 1.165) is 19.5 Å². The number of ether oxygens (including phenoxy) is 1. The number of amides is 1. The van der Waals surface area contributed by atoms with Crippen molar-refractivity contribution in [2.45, 2.75) is 38.4 Å². The number of nitrogens with one attached hydrogen (secondary N) is 1. The van der Waals surface area contributed by atoms with E-state index >= 15 is 0 Å². The third kappa shape index (κ3) is 5.89. The minimum absolute atomic E-state index is 0.0929. The summed E-state index contributed by atoms with van der Waals surface area (Å²) in [5, 5.41) is 13.7. The molecule has 0 saturated carbocycles. The number of halogens is 3. The Kier molecular flexibility index (Phi) is 8.41. The second-order valence-electron chi connectivity index (χ2n) is 12.8. The monoisotopic (exact) mass is 635 g/mol. The minimum atomic E-state index is -4.82.